The number of hydrogen-bond acceptors (Lipinski definition) is 6. The Morgan fingerprint density at radius 1 is 0.868 bits per heavy atom. The fourth-order valence-electron chi connectivity index (χ4n) is 4.20. The largest absolute Gasteiger partial charge is 0.397 e. The molecule has 0 spiro atoms. The van der Waals surface area contributed by atoms with Gasteiger partial charge in [-0.1, -0.05) is 102 Å². The molecule has 1 atom stereocenters. The summed E-state index contributed by atoms with van der Waals surface area (Å²) in [5.74, 6) is -0.597. The van der Waals surface area contributed by atoms with Crippen molar-refractivity contribution in [2.45, 2.75) is 6.17 Å². The second-order valence-electron chi connectivity index (χ2n) is 8.60. The van der Waals surface area contributed by atoms with E-state index < -0.39 is 12.1 Å². The van der Waals surface area contributed by atoms with Crippen molar-refractivity contribution in [2.75, 3.05) is 0 Å². The van der Waals surface area contributed by atoms with Gasteiger partial charge in [-0.25, -0.2) is 10.2 Å². The lowest BCUT2D eigenvalue weighted by Crippen LogP contribution is -2.26. The lowest BCUT2D eigenvalue weighted by Gasteiger charge is -2.20. The van der Waals surface area contributed by atoms with Crippen LogP contribution >= 0.6 is 0 Å². The van der Waals surface area contributed by atoms with Crippen molar-refractivity contribution < 1.29 is 10.0 Å². The summed E-state index contributed by atoms with van der Waals surface area (Å²) >= 11 is 0. The number of benzene rings is 4. The van der Waals surface area contributed by atoms with Crippen molar-refractivity contribution in [1.82, 2.24) is 25.8 Å². The molecule has 1 aromatic heterocycles. The van der Waals surface area contributed by atoms with Gasteiger partial charge in [0, 0.05) is 17.3 Å². The molecule has 0 radical (unpaired) electrons. The molecule has 5 rings (SSSR count). The van der Waals surface area contributed by atoms with E-state index in [0.29, 0.717) is 16.8 Å². The molecule has 8 heteroatoms. The Hall–Kier alpha value is -5.21. The Kier molecular flexibility index (Phi) is 7.24. The number of nitrogens with one attached hydrogen (secondary N) is 2. The van der Waals surface area contributed by atoms with Crippen LogP contribution in [0.25, 0.3) is 28.1 Å². The third-order valence-corrected chi connectivity index (χ3v) is 6.14. The highest BCUT2D eigenvalue weighted by Gasteiger charge is 2.20. The van der Waals surface area contributed by atoms with Crippen LogP contribution in [0.5, 0.6) is 0 Å². The van der Waals surface area contributed by atoms with E-state index in [4.69, 9.17) is 5.73 Å². The van der Waals surface area contributed by atoms with E-state index in [0.717, 1.165) is 27.9 Å². The van der Waals surface area contributed by atoms with Gasteiger partial charge in [-0.05, 0) is 34.4 Å². The summed E-state index contributed by atoms with van der Waals surface area (Å²) in [5.41, 5.74) is 13.8. The summed E-state index contributed by atoms with van der Waals surface area (Å²) in [6.07, 6.45) is 3.09. The number of amides is 1. The quantitative estimate of drug-likeness (QED) is 0.178. The Labute approximate surface area is 220 Å². The summed E-state index contributed by atoms with van der Waals surface area (Å²) in [5, 5.41) is 21.5. The first-order valence-electron chi connectivity index (χ1n) is 12.0. The molecular weight excluding hydrogens is 476 g/mol. The van der Waals surface area contributed by atoms with Gasteiger partial charge in [-0.2, -0.15) is 0 Å². The molecule has 0 aliphatic heterocycles. The normalized spacial score (nSPS) is 12.1. The maximum atomic E-state index is 12.5. The van der Waals surface area contributed by atoms with E-state index >= 15 is 0 Å². The SMILES string of the molecule is N/C(=C\NC(c1ccc(C(=O)NO)c(-c2ccccc2)c1)n1cc(-c2ccccc2)nn1)c1ccccc1. The van der Waals surface area contributed by atoms with E-state index in [1.165, 1.54) is 0 Å². The number of nitrogens with two attached hydrogens (primary N) is 1. The molecule has 0 bridgehead atoms. The Morgan fingerprint density at radius 3 is 2.16 bits per heavy atom. The van der Waals surface area contributed by atoms with Gasteiger partial charge in [0.05, 0.1) is 11.9 Å². The zero-order chi connectivity index (χ0) is 26.3. The average molecular weight is 503 g/mol. The molecule has 0 saturated heterocycles. The molecule has 0 aliphatic carbocycles. The van der Waals surface area contributed by atoms with E-state index in [-0.39, 0.29) is 0 Å². The van der Waals surface area contributed by atoms with Crippen LogP contribution in [-0.2, 0) is 0 Å². The minimum absolute atomic E-state index is 0.337. The minimum atomic E-state index is -0.597. The number of carbonyl (C=O) groups excluding carboxylic acids is 1. The van der Waals surface area contributed by atoms with E-state index in [2.05, 4.69) is 15.6 Å². The number of hydrogen-bond donors (Lipinski definition) is 4. The number of hydroxylamine groups is 1. The van der Waals surface area contributed by atoms with Gasteiger partial charge in [-0.15, -0.1) is 5.10 Å². The minimum Gasteiger partial charge on any atom is -0.397 e. The number of nitrogens with zero attached hydrogens (tertiary/aromatic N) is 3. The second-order valence-corrected chi connectivity index (χ2v) is 8.60. The third kappa shape index (κ3) is 5.30. The maximum absolute atomic E-state index is 12.5. The average Bonchev–Trinajstić information content (AvgIpc) is 3.48. The molecule has 8 nitrogen and oxygen atoms in total. The Balaban J connectivity index is 1.59. The lowest BCUT2D eigenvalue weighted by molar-refractivity contribution is 0.0707. The first kappa shape index (κ1) is 24.5. The van der Waals surface area contributed by atoms with Crippen LogP contribution in [0, 0.1) is 0 Å². The summed E-state index contributed by atoms with van der Waals surface area (Å²) in [6, 6.07) is 34.3. The summed E-state index contributed by atoms with van der Waals surface area (Å²) in [4.78, 5) is 12.5. The van der Waals surface area contributed by atoms with Crippen molar-refractivity contribution in [3.63, 3.8) is 0 Å². The molecule has 1 heterocycles. The van der Waals surface area contributed by atoms with Crippen LogP contribution in [-0.4, -0.2) is 26.1 Å². The second kappa shape index (κ2) is 11.2. The molecular formula is C30H26N6O2. The van der Waals surface area contributed by atoms with Crippen molar-refractivity contribution in [3.8, 4) is 22.4 Å². The van der Waals surface area contributed by atoms with Gasteiger partial charge in [0.2, 0.25) is 0 Å². The van der Waals surface area contributed by atoms with E-state index in [1.54, 1.807) is 22.4 Å². The third-order valence-electron chi connectivity index (χ3n) is 6.14. The molecule has 0 saturated carbocycles. The molecule has 0 fully saturated rings. The first-order chi connectivity index (χ1) is 18.6. The fraction of sp³-hybridized carbons (Fsp3) is 0.0333. The number of aromatic nitrogens is 3. The van der Waals surface area contributed by atoms with Crippen LogP contribution in [0.15, 0.2) is 122 Å². The topological polar surface area (TPSA) is 118 Å². The van der Waals surface area contributed by atoms with Crippen LogP contribution in [0.4, 0.5) is 0 Å². The zero-order valence-corrected chi connectivity index (χ0v) is 20.4. The standard InChI is InChI=1S/C30H26N6O2/c31-27(22-12-6-2-7-13-22)19-32-29(36-20-28(33-35-36)23-14-8-3-9-15-23)24-16-17-25(30(37)34-38)26(18-24)21-10-4-1-5-11-21/h1-20,29,32,38H,31H2,(H,34,37)/b27-19-. The summed E-state index contributed by atoms with van der Waals surface area (Å²) in [7, 11) is 0. The molecule has 188 valence electrons. The molecule has 1 unspecified atom stereocenters. The Bertz CT molecular complexity index is 1550. The smallest absolute Gasteiger partial charge is 0.275 e. The summed E-state index contributed by atoms with van der Waals surface area (Å²) < 4.78 is 1.72. The Morgan fingerprint density at radius 2 is 1.50 bits per heavy atom. The highest BCUT2D eigenvalue weighted by atomic mass is 16.5. The number of carbonyl (C=O) groups is 1. The van der Waals surface area contributed by atoms with Crippen LogP contribution in [0.3, 0.4) is 0 Å². The molecule has 4 aromatic carbocycles. The maximum Gasteiger partial charge on any atom is 0.275 e. The van der Waals surface area contributed by atoms with Gasteiger partial charge in [0.25, 0.3) is 5.91 Å². The molecule has 38 heavy (non-hydrogen) atoms. The number of rotatable bonds is 8. The van der Waals surface area contributed by atoms with Crippen molar-refractivity contribution in [3.05, 3.63) is 138 Å². The highest BCUT2D eigenvalue weighted by Crippen LogP contribution is 2.29. The fourth-order valence-corrected chi connectivity index (χ4v) is 4.20. The van der Waals surface area contributed by atoms with Crippen molar-refractivity contribution in [2.24, 2.45) is 5.73 Å². The molecule has 5 N–H and O–H groups in total. The van der Waals surface area contributed by atoms with Crippen molar-refractivity contribution >= 4 is 11.6 Å². The molecule has 5 aromatic rings. The van der Waals surface area contributed by atoms with E-state index in [9.17, 15) is 10.0 Å². The predicted molar refractivity (Wildman–Crippen MR) is 146 cm³/mol. The highest BCUT2D eigenvalue weighted by molar-refractivity contribution is 6.00. The van der Waals surface area contributed by atoms with Crippen LogP contribution in [0.1, 0.15) is 27.7 Å². The van der Waals surface area contributed by atoms with Gasteiger partial charge in [0.1, 0.15) is 11.9 Å². The zero-order valence-electron chi connectivity index (χ0n) is 20.4. The van der Waals surface area contributed by atoms with Crippen LogP contribution < -0.4 is 16.5 Å². The summed E-state index contributed by atoms with van der Waals surface area (Å²) in [6.45, 7) is 0. The monoisotopic (exact) mass is 502 g/mol. The van der Waals surface area contributed by atoms with Gasteiger partial charge in [0.15, 0.2) is 0 Å². The van der Waals surface area contributed by atoms with Gasteiger partial charge < -0.3 is 11.1 Å². The van der Waals surface area contributed by atoms with Gasteiger partial charge >= 0.3 is 0 Å². The predicted octanol–water partition coefficient (Wildman–Crippen LogP) is 4.82. The molecule has 1 amide bonds. The van der Waals surface area contributed by atoms with E-state index in [1.807, 2.05) is 109 Å². The lowest BCUT2D eigenvalue weighted by atomic mass is 9.96. The van der Waals surface area contributed by atoms with Crippen molar-refractivity contribution in [1.29, 1.82) is 0 Å². The first-order valence-corrected chi connectivity index (χ1v) is 12.0. The van der Waals surface area contributed by atoms with Gasteiger partial charge in [-0.3, -0.25) is 10.0 Å². The van der Waals surface area contributed by atoms with Crippen LogP contribution in [0.2, 0.25) is 0 Å². The molecule has 0 aliphatic rings.